The lowest BCUT2D eigenvalue weighted by atomic mass is 10.2. The predicted molar refractivity (Wildman–Crippen MR) is 128 cm³/mol. The van der Waals surface area contributed by atoms with Gasteiger partial charge in [0, 0.05) is 25.2 Å². The van der Waals surface area contributed by atoms with Crippen LogP contribution in [-0.2, 0) is 13.0 Å². The van der Waals surface area contributed by atoms with E-state index in [1.54, 1.807) is 18.3 Å². The molecule has 2 heterocycles. The van der Waals surface area contributed by atoms with Crippen LogP contribution in [0.15, 0.2) is 60.8 Å². The Hall–Kier alpha value is -3.78. The van der Waals surface area contributed by atoms with Gasteiger partial charge in [0.1, 0.15) is 22.8 Å². The van der Waals surface area contributed by atoms with Crippen LogP contribution < -0.4 is 20.1 Å². The summed E-state index contributed by atoms with van der Waals surface area (Å²) in [6, 6.07) is 16.8. The topological polar surface area (TPSA) is 90.3 Å². The molecule has 2 aromatic carbocycles. The third-order valence-electron chi connectivity index (χ3n) is 5.12. The zero-order valence-electron chi connectivity index (χ0n) is 18.3. The Morgan fingerprint density at radius 2 is 1.85 bits per heavy atom. The number of methoxy groups -OCH3 is 2. The lowest BCUT2D eigenvalue weighted by molar-refractivity contribution is 0.252. The number of hydrogen-bond acceptors (Lipinski definition) is 5. The van der Waals surface area contributed by atoms with E-state index < -0.39 is 0 Å². The Morgan fingerprint density at radius 1 is 1.06 bits per heavy atom. The van der Waals surface area contributed by atoms with Crippen molar-refractivity contribution in [1.29, 1.82) is 0 Å². The first-order valence-corrected chi connectivity index (χ1v) is 10.8. The number of urea groups is 1. The molecule has 0 aliphatic heterocycles. The number of carbonyl (C=O) groups is 1. The number of benzene rings is 2. The molecule has 0 saturated carbocycles. The van der Waals surface area contributed by atoms with E-state index >= 15 is 0 Å². The minimum atomic E-state index is -0.377. The first-order valence-electron chi connectivity index (χ1n) is 10.4. The largest absolute Gasteiger partial charge is 0.495 e. The van der Waals surface area contributed by atoms with Crippen LogP contribution in [-0.4, -0.2) is 41.3 Å². The summed E-state index contributed by atoms with van der Waals surface area (Å²) >= 11 is 6.18. The lowest BCUT2D eigenvalue weighted by Crippen LogP contribution is -2.31. The van der Waals surface area contributed by atoms with Crippen molar-refractivity contribution in [2.75, 3.05) is 26.1 Å². The molecule has 0 unspecified atom stereocenters. The molecule has 4 aromatic rings. The number of amides is 2. The van der Waals surface area contributed by atoms with E-state index in [0.29, 0.717) is 41.7 Å². The van der Waals surface area contributed by atoms with E-state index in [1.165, 1.54) is 14.2 Å². The highest BCUT2D eigenvalue weighted by molar-refractivity contribution is 6.32. The molecule has 0 spiro atoms. The monoisotopic (exact) mass is 465 g/mol. The Balaban J connectivity index is 1.45. The average Bonchev–Trinajstić information content (AvgIpc) is 3.17. The van der Waals surface area contributed by atoms with Crippen LogP contribution >= 0.6 is 11.6 Å². The van der Waals surface area contributed by atoms with Gasteiger partial charge in [-0.25, -0.2) is 14.8 Å². The third-order valence-corrected chi connectivity index (χ3v) is 5.42. The molecule has 9 heteroatoms. The van der Waals surface area contributed by atoms with Gasteiger partial charge in [-0.15, -0.1) is 0 Å². The summed E-state index contributed by atoms with van der Waals surface area (Å²) < 4.78 is 12.6. The molecule has 8 nitrogen and oxygen atoms in total. The highest BCUT2D eigenvalue weighted by atomic mass is 35.5. The minimum absolute atomic E-state index is 0.371. The van der Waals surface area contributed by atoms with Gasteiger partial charge in [-0.3, -0.25) is 0 Å². The van der Waals surface area contributed by atoms with E-state index in [0.717, 1.165) is 22.6 Å². The number of carbonyl (C=O) groups excluding carboxylic acids is 1. The molecule has 2 N–H and O–H groups in total. The van der Waals surface area contributed by atoms with Crippen molar-refractivity contribution < 1.29 is 14.3 Å². The van der Waals surface area contributed by atoms with Gasteiger partial charge in [-0.2, -0.15) is 0 Å². The fourth-order valence-corrected chi connectivity index (χ4v) is 3.78. The standard InChI is InChI=1S/C24H24ClN5O3/c1-32-20-14-21(33-2)19(13-17(20)25)29-24(31)27-12-10-22-28-18-9-6-11-26-23(18)30(22)15-16-7-4-3-5-8-16/h3-9,11,13-14H,10,12,15H2,1-2H3,(H2,27,29,31). The second-order valence-corrected chi connectivity index (χ2v) is 7.67. The van der Waals surface area contributed by atoms with Gasteiger partial charge in [-0.1, -0.05) is 41.9 Å². The zero-order chi connectivity index (χ0) is 23.2. The fourth-order valence-electron chi connectivity index (χ4n) is 3.54. The average molecular weight is 466 g/mol. The number of halogens is 1. The van der Waals surface area contributed by atoms with Crippen LogP contribution in [0.5, 0.6) is 11.5 Å². The smallest absolute Gasteiger partial charge is 0.319 e. The Labute approximate surface area is 196 Å². The maximum Gasteiger partial charge on any atom is 0.319 e. The highest BCUT2D eigenvalue weighted by Crippen LogP contribution is 2.35. The van der Waals surface area contributed by atoms with Crippen molar-refractivity contribution >= 4 is 34.5 Å². The predicted octanol–water partition coefficient (Wildman–Crippen LogP) is 4.51. The summed E-state index contributed by atoms with van der Waals surface area (Å²) in [4.78, 5) is 21.7. The zero-order valence-corrected chi connectivity index (χ0v) is 19.1. The highest BCUT2D eigenvalue weighted by Gasteiger charge is 2.14. The van der Waals surface area contributed by atoms with Gasteiger partial charge in [-0.05, 0) is 23.8 Å². The number of ether oxygens (including phenoxy) is 2. The number of nitrogens with one attached hydrogen (secondary N) is 2. The molecule has 2 amide bonds. The van der Waals surface area contributed by atoms with Crippen LogP contribution in [0.4, 0.5) is 10.5 Å². The molecule has 0 aliphatic rings. The first kappa shape index (κ1) is 22.4. The number of anilines is 1. The van der Waals surface area contributed by atoms with E-state index in [-0.39, 0.29) is 6.03 Å². The molecule has 0 aliphatic carbocycles. The molecule has 0 radical (unpaired) electrons. The molecule has 170 valence electrons. The van der Waals surface area contributed by atoms with Crippen molar-refractivity contribution in [2.45, 2.75) is 13.0 Å². The second kappa shape index (κ2) is 10.2. The molecule has 0 saturated heterocycles. The van der Waals surface area contributed by atoms with Gasteiger partial charge in [0.15, 0.2) is 5.65 Å². The van der Waals surface area contributed by atoms with Crippen molar-refractivity contribution in [3.05, 3.63) is 77.2 Å². The van der Waals surface area contributed by atoms with Crippen LogP contribution in [0, 0.1) is 0 Å². The van der Waals surface area contributed by atoms with Crippen LogP contribution in [0.1, 0.15) is 11.4 Å². The summed E-state index contributed by atoms with van der Waals surface area (Å²) in [6.45, 7) is 1.04. The van der Waals surface area contributed by atoms with Gasteiger partial charge >= 0.3 is 6.03 Å². The minimum Gasteiger partial charge on any atom is -0.495 e. The fraction of sp³-hybridized carbons (Fsp3) is 0.208. The second-order valence-electron chi connectivity index (χ2n) is 7.26. The summed E-state index contributed by atoms with van der Waals surface area (Å²) in [6.07, 6.45) is 2.30. The normalized spacial score (nSPS) is 10.8. The molecule has 33 heavy (non-hydrogen) atoms. The van der Waals surface area contributed by atoms with Gasteiger partial charge in [0.05, 0.1) is 31.5 Å². The number of fused-ring (bicyclic) bond motifs is 1. The SMILES string of the molecule is COc1cc(OC)c(NC(=O)NCCc2nc3cccnc3n2Cc2ccccc2)cc1Cl. The van der Waals surface area contributed by atoms with E-state index in [9.17, 15) is 4.79 Å². The molecule has 0 bridgehead atoms. The van der Waals surface area contributed by atoms with Crippen molar-refractivity contribution in [3.8, 4) is 11.5 Å². The molecular weight excluding hydrogens is 442 g/mol. The Bertz CT molecular complexity index is 1260. The number of rotatable bonds is 8. The van der Waals surface area contributed by atoms with Crippen LogP contribution in [0.3, 0.4) is 0 Å². The molecule has 0 fully saturated rings. The number of imidazole rings is 1. The number of pyridine rings is 1. The first-order chi connectivity index (χ1) is 16.1. The number of nitrogens with zero attached hydrogens (tertiary/aromatic N) is 3. The summed E-state index contributed by atoms with van der Waals surface area (Å²) in [5.74, 6) is 1.76. The Morgan fingerprint density at radius 3 is 2.61 bits per heavy atom. The van der Waals surface area contributed by atoms with Crippen LogP contribution in [0.25, 0.3) is 11.2 Å². The van der Waals surface area contributed by atoms with Crippen molar-refractivity contribution in [3.63, 3.8) is 0 Å². The van der Waals surface area contributed by atoms with Gasteiger partial charge < -0.3 is 24.7 Å². The Kier molecular flexibility index (Phi) is 6.95. The van der Waals surface area contributed by atoms with E-state index in [2.05, 4.69) is 32.3 Å². The number of hydrogen-bond donors (Lipinski definition) is 2. The van der Waals surface area contributed by atoms with Crippen molar-refractivity contribution in [1.82, 2.24) is 19.9 Å². The van der Waals surface area contributed by atoms with Gasteiger partial charge in [0.2, 0.25) is 0 Å². The van der Waals surface area contributed by atoms with E-state index in [4.69, 9.17) is 26.1 Å². The summed E-state index contributed by atoms with van der Waals surface area (Å²) in [5, 5.41) is 6.00. The van der Waals surface area contributed by atoms with Gasteiger partial charge in [0.25, 0.3) is 0 Å². The summed E-state index contributed by atoms with van der Waals surface area (Å²) in [7, 11) is 3.03. The van der Waals surface area contributed by atoms with E-state index in [1.807, 2.05) is 30.3 Å². The van der Waals surface area contributed by atoms with Crippen LogP contribution in [0.2, 0.25) is 5.02 Å². The molecule has 0 atom stereocenters. The maximum absolute atomic E-state index is 12.5. The molecule has 2 aromatic heterocycles. The number of aromatic nitrogens is 3. The lowest BCUT2D eigenvalue weighted by Gasteiger charge is -2.14. The van der Waals surface area contributed by atoms with Crippen molar-refractivity contribution in [2.24, 2.45) is 0 Å². The third kappa shape index (κ3) is 5.18. The summed E-state index contributed by atoms with van der Waals surface area (Å²) in [5.41, 5.74) is 3.24. The molecular formula is C24H24ClN5O3. The maximum atomic E-state index is 12.5. The molecule has 4 rings (SSSR count). The quantitative estimate of drug-likeness (QED) is 0.399.